The minimum Gasteiger partial charge on any atom is -0.491 e. The van der Waals surface area contributed by atoms with Crippen molar-refractivity contribution in [1.29, 1.82) is 0 Å². The molecule has 6 heterocycles. The van der Waals surface area contributed by atoms with Crippen LogP contribution in [0.5, 0.6) is 28.7 Å². The maximum atomic E-state index is 12.9. The predicted molar refractivity (Wildman–Crippen MR) is 303 cm³/mol. The lowest BCUT2D eigenvalue weighted by atomic mass is 10.2. The summed E-state index contributed by atoms with van der Waals surface area (Å²) in [4.78, 5) is 87.0. The van der Waals surface area contributed by atoms with Crippen LogP contribution in [0.1, 0.15) is 37.6 Å². The van der Waals surface area contributed by atoms with E-state index in [4.69, 9.17) is 39.1 Å². The predicted octanol–water partition coefficient (Wildman–Crippen LogP) is 5.81. The molecule has 0 aliphatic carbocycles. The van der Waals surface area contributed by atoms with E-state index in [1.807, 2.05) is 73.9 Å². The van der Waals surface area contributed by atoms with Crippen LogP contribution in [0.4, 0.5) is 43.2 Å². The second-order valence-corrected chi connectivity index (χ2v) is 20.4. The molecule has 26 nitrogen and oxygen atoms in total. The maximum absolute atomic E-state index is 12.9. The van der Waals surface area contributed by atoms with Gasteiger partial charge < -0.3 is 64.4 Å². The highest BCUT2D eigenvalue weighted by Gasteiger charge is 2.28. The Balaban J connectivity index is 0.000000219. The third kappa shape index (κ3) is 14.9. The molecule has 10 rings (SSSR count). The van der Waals surface area contributed by atoms with Crippen molar-refractivity contribution in [3.8, 4) is 28.7 Å². The molecule has 26 heteroatoms. The second-order valence-electron chi connectivity index (χ2n) is 20.4. The van der Waals surface area contributed by atoms with E-state index in [1.165, 1.54) is 36.7 Å². The average molecular weight is 1130 g/mol. The van der Waals surface area contributed by atoms with E-state index >= 15 is 0 Å². The zero-order chi connectivity index (χ0) is 57.8. The molecule has 82 heavy (non-hydrogen) atoms. The first-order chi connectivity index (χ1) is 39.6. The zero-order valence-electron chi connectivity index (χ0n) is 46.2. The van der Waals surface area contributed by atoms with Gasteiger partial charge in [0.25, 0.3) is 11.6 Å². The van der Waals surface area contributed by atoms with Crippen LogP contribution < -0.4 is 55.5 Å². The van der Waals surface area contributed by atoms with Crippen molar-refractivity contribution in [2.24, 2.45) is 4.99 Å². The van der Waals surface area contributed by atoms with Gasteiger partial charge in [-0.25, -0.2) is 29.3 Å². The number of fused-ring (bicyclic) bond motifs is 3. The lowest BCUT2D eigenvalue weighted by Crippen LogP contribution is -2.50. The molecule has 4 aliphatic rings. The number of non-ortho nitro benzene ring substituents is 1. The topological polar surface area (TPSA) is 289 Å². The number of nitrogens with zero attached hydrogens (tertiary/aromatic N) is 11. The van der Waals surface area contributed by atoms with Crippen LogP contribution in [0, 0.1) is 10.1 Å². The van der Waals surface area contributed by atoms with Crippen molar-refractivity contribution < 1.29 is 52.5 Å². The Hall–Kier alpha value is -9.30. The van der Waals surface area contributed by atoms with Gasteiger partial charge >= 0.3 is 18.3 Å². The molecule has 0 saturated carbocycles. The van der Waals surface area contributed by atoms with Gasteiger partial charge in [0.05, 0.1) is 24.2 Å². The number of nitro groups is 1. The van der Waals surface area contributed by atoms with Gasteiger partial charge in [-0.2, -0.15) is 4.99 Å². The molecule has 3 amide bonds. The lowest BCUT2D eigenvalue weighted by molar-refractivity contribution is -0.384. The monoisotopic (exact) mass is 1130 g/mol. The number of anilines is 4. The Kier molecular flexibility index (Phi) is 18.4. The number of nitro benzene ring substituents is 1. The van der Waals surface area contributed by atoms with E-state index in [1.54, 1.807) is 29.0 Å². The number of piperazine rings is 3. The molecule has 4 aromatic carbocycles. The third-order valence-electron chi connectivity index (χ3n) is 13.6. The summed E-state index contributed by atoms with van der Waals surface area (Å²) in [5.74, 6) is 2.35. The number of methoxy groups -OCH3 is 1. The standard InChI is InChI=1S/C34H41N11O5.C22H25N3O7/c1-48-29-27(8-7-26-28(29)40-33(45-15-11-37-30(26)45)41-31(46)23-21-38-32(35)39-22-23)49-20-2-12-42-16-18-44(19-17-42)34(47)50-25-5-3-24(4-6-25)43-13-9-36-10-14-43;1-22(2,3)32-20(26)24-14-12-23(13-15-24)16-4-8-18(9-5-16)30-21(27)31-19-10-6-17(7-11-19)25(28)29/h3-8,21-22,36-37H,2,9-20H2,1H3,(H2,35,38,39);4-11H,12-15H2,1-3H3. The highest BCUT2D eigenvalue weighted by atomic mass is 16.7. The molecule has 2 aromatic heterocycles. The Morgan fingerprint density at radius 3 is 1.88 bits per heavy atom. The number of nitrogen functional groups attached to an aromatic ring is 1. The van der Waals surface area contributed by atoms with Gasteiger partial charge in [0.15, 0.2) is 11.5 Å². The van der Waals surface area contributed by atoms with Gasteiger partial charge in [-0.1, -0.05) is 0 Å². The largest absolute Gasteiger partial charge is 0.519 e. The van der Waals surface area contributed by atoms with Crippen molar-refractivity contribution in [1.82, 2.24) is 39.5 Å². The number of carbonyl (C=O) groups is 4. The number of nitrogens with two attached hydrogens (primary N) is 1. The summed E-state index contributed by atoms with van der Waals surface area (Å²) in [7, 11) is 1.57. The molecule has 4 N–H and O–H groups in total. The van der Waals surface area contributed by atoms with Crippen LogP contribution in [-0.2, 0) is 11.3 Å². The molecule has 0 radical (unpaired) electrons. The number of aromatic nitrogens is 4. The minimum atomic E-state index is -0.947. The molecule has 0 spiro atoms. The average Bonchev–Trinajstić information content (AvgIpc) is 4.05. The second kappa shape index (κ2) is 26.3. The molecular weight excluding hydrogens is 1060 g/mol. The van der Waals surface area contributed by atoms with Crippen LogP contribution in [0.2, 0.25) is 0 Å². The van der Waals surface area contributed by atoms with Gasteiger partial charge in [-0.3, -0.25) is 24.4 Å². The van der Waals surface area contributed by atoms with Crippen molar-refractivity contribution in [3.63, 3.8) is 0 Å². The van der Waals surface area contributed by atoms with Crippen LogP contribution in [0.25, 0.3) is 10.9 Å². The van der Waals surface area contributed by atoms with Gasteiger partial charge in [0.1, 0.15) is 34.2 Å². The van der Waals surface area contributed by atoms with Crippen molar-refractivity contribution in [2.75, 3.05) is 126 Å². The van der Waals surface area contributed by atoms with E-state index < -0.39 is 22.6 Å². The Labute approximate surface area is 472 Å². The summed E-state index contributed by atoms with van der Waals surface area (Å²) in [5.41, 5.74) is 7.99. The van der Waals surface area contributed by atoms with Gasteiger partial charge in [-0.05, 0) is 100.0 Å². The van der Waals surface area contributed by atoms with Crippen molar-refractivity contribution >= 4 is 64.0 Å². The number of benzene rings is 4. The maximum Gasteiger partial charge on any atom is 0.519 e. The van der Waals surface area contributed by atoms with Crippen LogP contribution in [0.3, 0.4) is 0 Å². The summed E-state index contributed by atoms with van der Waals surface area (Å²) < 4.78 is 35.1. The first-order valence-electron chi connectivity index (χ1n) is 26.9. The van der Waals surface area contributed by atoms with Crippen LogP contribution in [0.15, 0.2) is 102 Å². The highest BCUT2D eigenvalue weighted by Crippen LogP contribution is 2.37. The normalized spacial score (nSPS) is 15.6. The Morgan fingerprint density at radius 2 is 1.28 bits per heavy atom. The SMILES string of the molecule is CC(C)(C)OC(=O)N1CCN(c2ccc(OC(=O)Oc3ccc([N+](=O)[O-])cc3)cc2)CC1.COc1c(OCCCN2CCN(C(=O)Oc3ccc(N4CCNCC4)cc3)CC2)ccc2c3n(c(=NC(=O)c4cnc(N)nc4)nc12)CCN3. The fourth-order valence-corrected chi connectivity index (χ4v) is 9.43. The molecule has 0 atom stereocenters. The summed E-state index contributed by atoms with van der Waals surface area (Å²) in [6.07, 6.45) is 1.88. The van der Waals surface area contributed by atoms with E-state index in [0.29, 0.717) is 87.5 Å². The minimum absolute atomic E-state index is 0.0748. The van der Waals surface area contributed by atoms with E-state index in [2.05, 4.69) is 40.3 Å². The van der Waals surface area contributed by atoms with E-state index in [-0.39, 0.29) is 40.8 Å². The number of ether oxygens (including phenoxy) is 6. The van der Waals surface area contributed by atoms with Gasteiger partial charge in [-0.15, -0.1) is 0 Å². The number of rotatable bonds is 13. The van der Waals surface area contributed by atoms with Gasteiger partial charge in [0.2, 0.25) is 11.6 Å². The highest BCUT2D eigenvalue weighted by molar-refractivity contribution is 5.96. The summed E-state index contributed by atoms with van der Waals surface area (Å²) >= 11 is 0. The number of hydrogen-bond donors (Lipinski definition) is 3. The van der Waals surface area contributed by atoms with Gasteiger partial charge in [0, 0.05) is 139 Å². The fraction of sp³-hybridized carbons (Fsp3) is 0.393. The third-order valence-corrected chi connectivity index (χ3v) is 13.6. The molecule has 4 aliphatic heterocycles. The quantitative estimate of drug-likeness (QED) is 0.0404. The lowest BCUT2D eigenvalue weighted by Gasteiger charge is -2.36. The molecule has 3 saturated heterocycles. The van der Waals surface area contributed by atoms with E-state index in [9.17, 15) is 29.3 Å². The molecular formula is C56H66N14O12. The molecule has 432 valence electrons. The molecule has 6 aromatic rings. The summed E-state index contributed by atoms with van der Waals surface area (Å²) in [6.45, 7) is 17.1. The molecule has 0 unspecified atom stereocenters. The zero-order valence-corrected chi connectivity index (χ0v) is 46.2. The molecule has 3 fully saturated rings. The number of hydrogen-bond acceptors (Lipinski definition) is 21. The first kappa shape index (κ1) is 57.4. The first-order valence-corrected chi connectivity index (χ1v) is 26.9. The van der Waals surface area contributed by atoms with Crippen molar-refractivity contribution in [2.45, 2.75) is 39.3 Å². The Morgan fingerprint density at radius 1 is 0.707 bits per heavy atom. The fourth-order valence-electron chi connectivity index (χ4n) is 9.43. The van der Waals surface area contributed by atoms with E-state index in [0.717, 1.165) is 74.8 Å². The number of amides is 3. The molecule has 0 bridgehead atoms. The van der Waals surface area contributed by atoms with Crippen molar-refractivity contribution in [3.05, 3.63) is 119 Å². The van der Waals surface area contributed by atoms with Crippen LogP contribution in [-0.4, -0.2) is 174 Å². The number of nitrogens with one attached hydrogen (secondary N) is 2. The summed E-state index contributed by atoms with van der Waals surface area (Å²) in [6, 6.07) is 23.6. The smallest absolute Gasteiger partial charge is 0.491 e. The summed E-state index contributed by atoms with van der Waals surface area (Å²) in [5, 5.41) is 18.2. The Bertz CT molecular complexity index is 3280. The number of carbonyl (C=O) groups excluding carboxylic acids is 4. The van der Waals surface area contributed by atoms with Crippen LogP contribution >= 0.6 is 0 Å².